The second-order valence-electron chi connectivity index (χ2n) is 4.90. The van der Waals surface area contributed by atoms with E-state index in [1.807, 2.05) is 12.1 Å². The summed E-state index contributed by atoms with van der Waals surface area (Å²) in [4.78, 5) is 0. The summed E-state index contributed by atoms with van der Waals surface area (Å²) in [5, 5.41) is 12.2. The first-order valence-corrected chi connectivity index (χ1v) is 6.85. The maximum Gasteiger partial charge on any atom is 0.184 e. The molecule has 0 aliphatic carbocycles. The minimum atomic E-state index is 0.480. The lowest BCUT2D eigenvalue weighted by atomic mass is 10.1. The molecule has 2 rings (SSSR count). The number of hydrogen-bond acceptors (Lipinski definition) is 5. The summed E-state index contributed by atoms with van der Waals surface area (Å²) in [5.74, 6) is 1.10. The Balaban J connectivity index is 2.10. The number of ether oxygens (including phenoxy) is 1. The molecular weight excluding hydrogens is 278 g/mol. The van der Waals surface area contributed by atoms with Crippen LogP contribution in [0.1, 0.15) is 13.8 Å². The van der Waals surface area contributed by atoms with E-state index < -0.39 is 0 Å². The molecule has 0 amide bonds. The van der Waals surface area contributed by atoms with E-state index in [9.17, 15) is 0 Å². The predicted molar refractivity (Wildman–Crippen MR) is 78.3 cm³/mol. The first-order chi connectivity index (χ1) is 9.59. The van der Waals surface area contributed by atoms with Gasteiger partial charge in [-0.25, -0.2) is 4.68 Å². The van der Waals surface area contributed by atoms with E-state index in [4.69, 9.17) is 22.1 Å². The molecule has 0 fully saturated rings. The summed E-state index contributed by atoms with van der Waals surface area (Å²) in [5.41, 5.74) is 7.17. The number of benzene rings is 1. The highest BCUT2D eigenvalue weighted by Gasteiger charge is 2.13. The van der Waals surface area contributed by atoms with Gasteiger partial charge in [0.1, 0.15) is 0 Å². The molecule has 20 heavy (non-hydrogen) atoms. The fourth-order valence-corrected chi connectivity index (χ4v) is 1.92. The first-order valence-electron chi connectivity index (χ1n) is 6.48. The van der Waals surface area contributed by atoms with Crippen LogP contribution in [0, 0.1) is 5.92 Å². The van der Waals surface area contributed by atoms with E-state index in [2.05, 4.69) is 29.4 Å². The number of aromatic nitrogens is 4. The Kier molecular flexibility index (Phi) is 4.92. The standard InChI is InChI=1S/C13H18ClN5O/c1-9(2)8-20-7-6-19-13(16-17-18-19)10-4-3-5-11(14)12(10)15/h3-5,9H,6-8,15H2,1-2H3. The van der Waals surface area contributed by atoms with Crippen molar-refractivity contribution < 1.29 is 4.74 Å². The monoisotopic (exact) mass is 295 g/mol. The molecule has 1 heterocycles. The maximum absolute atomic E-state index is 6.02. The van der Waals surface area contributed by atoms with Crippen LogP contribution in [0.25, 0.3) is 11.4 Å². The molecule has 0 saturated carbocycles. The zero-order chi connectivity index (χ0) is 14.5. The van der Waals surface area contributed by atoms with Crippen LogP contribution in [-0.4, -0.2) is 33.4 Å². The van der Waals surface area contributed by atoms with Gasteiger partial charge < -0.3 is 10.5 Å². The van der Waals surface area contributed by atoms with Gasteiger partial charge in [0.2, 0.25) is 0 Å². The molecule has 0 aliphatic rings. The Hall–Kier alpha value is -1.66. The molecule has 2 aromatic rings. The van der Waals surface area contributed by atoms with Crippen LogP contribution >= 0.6 is 11.6 Å². The van der Waals surface area contributed by atoms with Crippen LogP contribution < -0.4 is 5.73 Å². The Labute approximate surface area is 122 Å². The van der Waals surface area contributed by atoms with Crippen LogP contribution in [-0.2, 0) is 11.3 Å². The number of nitrogens with zero attached hydrogens (tertiary/aromatic N) is 4. The molecule has 108 valence electrons. The van der Waals surface area contributed by atoms with Crippen molar-refractivity contribution in [1.82, 2.24) is 20.2 Å². The Morgan fingerprint density at radius 2 is 2.20 bits per heavy atom. The smallest absolute Gasteiger partial charge is 0.184 e. The summed E-state index contributed by atoms with van der Waals surface area (Å²) < 4.78 is 7.21. The molecule has 1 aromatic carbocycles. The molecule has 6 nitrogen and oxygen atoms in total. The van der Waals surface area contributed by atoms with Crippen molar-refractivity contribution in [3.63, 3.8) is 0 Å². The average molecular weight is 296 g/mol. The number of anilines is 1. The Morgan fingerprint density at radius 1 is 1.40 bits per heavy atom. The quantitative estimate of drug-likeness (QED) is 0.653. The van der Waals surface area contributed by atoms with E-state index in [-0.39, 0.29) is 0 Å². The van der Waals surface area contributed by atoms with E-state index in [1.54, 1.807) is 10.7 Å². The molecule has 7 heteroatoms. The number of halogens is 1. The second-order valence-corrected chi connectivity index (χ2v) is 5.30. The van der Waals surface area contributed by atoms with Gasteiger partial charge in [-0.2, -0.15) is 0 Å². The molecule has 1 aromatic heterocycles. The number of tetrazole rings is 1. The van der Waals surface area contributed by atoms with Crippen LogP contribution in [0.5, 0.6) is 0 Å². The van der Waals surface area contributed by atoms with Gasteiger partial charge in [-0.05, 0) is 28.5 Å². The summed E-state index contributed by atoms with van der Waals surface area (Å²) >= 11 is 6.02. The summed E-state index contributed by atoms with van der Waals surface area (Å²) in [6.45, 7) is 6.05. The fourth-order valence-electron chi connectivity index (χ4n) is 1.75. The largest absolute Gasteiger partial charge is 0.397 e. The molecule has 0 unspecified atom stereocenters. The van der Waals surface area contributed by atoms with Crippen LogP contribution in [0.3, 0.4) is 0 Å². The molecule has 0 saturated heterocycles. The zero-order valence-electron chi connectivity index (χ0n) is 11.6. The third kappa shape index (κ3) is 3.46. The fraction of sp³-hybridized carbons (Fsp3) is 0.462. The van der Waals surface area contributed by atoms with Gasteiger partial charge in [0.25, 0.3) is 0 Å². The van der Waals surface area contributed by atoms with Crippen molar-refractivity contribution >= 4 is 17.3 Å². The second kappa shape index (κ2) is 6.67. The molecule has 0 radical (unpaired) electrons. The topological polar surface area (TPSA) is 78.8 Å². The number of nitrogen functional groups attached to an aromatic ring is 1. The number of nitrogens with two attached hydrogens (primary N) is 1. The van der Waals surface area contributed by atoms with Crippen LogP contribution in [0.4, 0.5) is 5.69 Å². The van der Waals surface area contributed by atoms with Gasteiger partial charge in [-0.15, -0.1) is 5.10 Å². The Bertz CT molecular complexity index is 570. The lowest BCUT2D eigenvalue weighted by Gasteiger charge is -2.09. The Morgan fingerprint density at radius 3 is 2.95 bits per heavy atom. The summed E-state index contributed by atoms with van der Waals surface area (Å²) in [6, 6.07) is 5.40. The van der Waals surface area contributed by atoms with E-state index in [1.165, 1.54) is 0 Å². The van der Waals surface area contributed by atoms with Gasteiger partial charge >= 0.3 is 0 Å². The highest BCUT2D eigenvalue weighted by molar-refractivity contribution is 6.33. The van der Waals surface area contributed by atoms with Gasteiger partial charge in [-0.3, -0.25) is 0 Å². The normalized spacial score (nSPS) is 11.2. The predicted octanol–water partition coefficient (Wildman–Crippen LogP) is 2.25. The highest BCUT2D eigenvalue weighted by Crippen LogP contribution is 2.29. The van der Waals surface area contributed by atoms with Gasteiger partial charge in [0, 0.05) is 12.2 Å². The lowest BCUT2D eigenvalue weighted by molar-refractivity contribution is 0.101. The van der Waals surface area contributed by atoms with Crippen molar-refractivity contribution in [3.8, 4) is 11.4 Å². The van der Waals surface area contributed by atoms with Crippen molar-refractivity contribution in [2.75, 3.05) is 18.9 Å². The van der Waals surface area contributed by atoms with Crippen molar-refractivity contribution in [3.05, 3.63) is 23.2 Å². The molecule has 0 spiro atoms. The van der Waals surface area contributed by atoms with Gasteiger partial charge in [0.15, 0.2) is 5.82 Å². The number of para-hydroxylation sites is 1. The van der Waals surface area contributed by atoms with Gasteiger partial charge in [-0.1, -0.05) is 31.5 Å². The molecule has 0 atom stereocenters. The SMILES string of the molecule is CC(C)COCCn1nnnc1-c1cccc(Cl)c1N. The van der Waals surface area contributed by atoms with E-state index >= 15 is 0 Å². The van der Waals surface area contributed by atoms with Crippen molar-refractivity contribution in [2.45, 2.75) is 20.4 Å². The lowest BCUT2D eigenvalue weighted by Crippen LogP contribution is -2.12. The molecule has 2 N–H and O–H groups in total. The summed E-state index contributed by atoms with van der Waals surface area (Å²) in [7, 11) is 0. The molecule has 0 aliphatic heterocycles. The highest BCUT2D eigenvalue weighted by atomic mass is 35.5. The molecule has 0 bridgehead atoms. The zero-order valence-corrected chi connectivity index (χ0v) is 12.3. The number of hydrogen-bond donors (Lipinski definition) is 1. The third-order valence-corrected chi connectivity index (χ3v) is 3.05. The van der Waals surface area contributed by atoms with Crippen LogP contribution in [0.2, 0.25) is 5.02 Å². The molecular formula is C13H18ClN5O. The van der Waals surface area contributed by atoms with Crippen LogP contribution in [0.15, 0.2) is 18.2 Å². The van der Waals surface area contributed by atoms with Gasteiger partial charge in [0.05, 0.1) is 23.9 Å². The van der Waals surface area contributed by atoms with Crippen molar-refractivity contribution in [2.24, 2.45) is 5.92 Å². The third-order valence-electron chi connectivity index (χ3n) is 2.72. The average Bonchev–Trinajstić information content (AvgIpc) is 2.86. The first kappa shape index (κ1) is 14.7. The van der Waals surface area contributed by atoms with E-state index in [0.717, 1.165) is 12.2 Å². The minimum Gasteiger partial charge on any atom is -0.397 e. The number of rotatable bonds is 6. The van der Waals surface area contributed by atoms with E-state index in [0.29, 0.717) is 35.6 Å². The van der Waals surface area contributed by atoms with Crippen molar-refractivity contribution in [1.29, 1.82) is 0 Å². The maximum atomic E-state index is 6.02. The minimum absolute atomic E-state index is 0.480. The summed E-state index contributed by atoms with van der Waals surface area (Å²) in [6.07, 6.45) is 0.